The van der Waals surface area contributed by atoms with E-state index in [-0.39, 0.29) is 18.7 Å². The van der Waals surface area contributed by atoms with Crippen LogP contribution in [0.1, 0.15) is 89.9 Å². The third-order valence-electron chi connectivity index (χ3n) is 3.93. The molecule has 0 bridgehead atoms. The number of carboxylic acid groups (broad SMARTS) is 2. The van der Waals surface area contributed by atoms with Gasteiger partial charge < -0.3 is 15.5 Å². The Morgan fingerprint density at radius 3 is 1.46 bits per heavy atom. The molecule has 1 amide bonds. The van der Waals surface area contributed by atoms with E-state index in [2.05, 4.69) is 5.32 Å². The van der Waals surface area contributed by atoms with Gasteiger partial charge in [0.1, 0.15) is 0 Å². The van der Waals surface area contributed by atoms with Gasteiger partial charge in [0.15, 0.2) is 0 Å². The topological polar surface area (TPSA) is 104 Å². The molecule has 0 atom stereocenters. The first-order valence-electron chi connectivity index (χ1n) is 9.22. The van der Waals surface area contributed by atoms with E-state index in [1.54, 1.807) is 0 Å². The van der Waals surface area contributed by atoms with Gasteiger partial charge in [0, 0.05) is 25.8 Å². The third-order valence-corrected chi connectivity index (χ3v) is 3.93. The third kappa shape index (κ3) is 18.5. The van der Waals surface area contributed by atoms with E-state index in [0.717, 1.165) is 32.1 Å². The van der Waals surface area contributed by atoms with E-state index in [0.29, 0.717) is 19.4 Å². The Balaban J connectivity index is 3.16. The van der Waals surface area contributed by atoms with Crippen molar-refractivity contribution in [3.8, 4) is 0 Å². The van der Waals surface area contributed by atoms with Crippen molar-refractivity contribution >= 4 is 17.8 Å². The summed E-state index contributed by atoms with van der Waals surface area (Å²) in [6.07, 6.45) is 12.0. The number of unbranched alkanes of at least 4 members (excludes halogenated alkanes) is 9. The largest absolute Gasteiger partial charge is 0.481 e. The lowest BCUT2D eigenvalue weighted by Crippen LogP contribution is -2.24. The van der Waals surface area contributed by atoms with Crippen molar-refractivity contribution in [1.29, 1.82) is 0 Å². The van der Waals surface area contributed by atoms with Crippen LogP contribution in [0.4, 0.5) is 0 Å². The van der Waals surface area contributed by atoms with Crippen LogP contribution in [0.25, 0.3) is 0 Å². The van der Waals surface area contributed by atoms with Crippen LogP contribution in [0.5, 0.6) is 0 Å². The Morgan fingerprint density at radius 2 is 0.958 bits per heavy atom. The van der Waals surface area contributed by atoms with E-state index in [1.165, 1.54) is 32.1 Å². The Kier molecular flexibility index (Phi) is 15.2. The Hall–Kier alpha value is -1.59. The number of carbonyl (C=O) groups excluding carboxylic acids is 1. The summed E-state index contributed by atoms with van der Waals surface area (Å²) in [6, 6.07) is 0. The van der Waals surface area contributed by atoms with Gasteiger partial charge >= 0.3 is 11.9 Å². The first kappa shape index (κ1) is 22.4. The number of hydrogen-bond donors (Lipinski definition) is 3. The van der Waals surface area contributed by atoms with Crippen LogP contribution < -0.4 is 5.32 Å². The fraction of sp³-hybridized carbons (Fsp3) is 0.833. The fourth-order valence-electron chi connectivity index (χ4n) is 2.53. The van der Waals surface area contributed by atoms with Crippen LogP contribution in [0.3, 0.4) is 0 Å². The van der Waals surface area contributed by atoms with E-state index >= 15 is 0 Å². The number of amides is 1. The van der Waals surface area contributed by atoms with Crippen molar-refractivity contribution < 1.29 is 24.6 Å². The maximum Gasteiger partial charge on any atom is 0.303 e. The van der Waals surface area contributed by atoms with Gasteiger partial charge in [-0.05, 0) is 19.3 Å². The molecule has 0 fully saturated rings. The number of rotatable bonds is 17. The van der Waals surface area contributed by atoms with Crippen LogP contribution in [-0.4, -0.2) is 34.6 Å². The van der Waals surface area contributed by atoms with Crippen molar-refractivity contribution in [2.75, 3.05) is 6.54 Å². The van der Waals surface area contributed by atoms with Crippen LogP contribution in [-0.2, 0) is 14.4 Å². The summed E-state index contributed by atoms with van der Waals surface area (Å²) >= 11 is 0. The van der Waals surface area contributed by atoms with E-state index in [4.69, 9.17) is 10.2 Å². The van der Waals surface area contributed by atoms with Crippen LogP contribution in [0, 0.1) is 0 Å². The molecule has 0 unspecified atom stereocenters. The zero-order valence-electron chi connectivity index (χ0n) is 14.7. The number of carboxylic acids is 2. The molecule has 0 heterocycles. The lowest BCUT2D eigenvalue weighted by atomic mass is 10.1. The molecule has 3 N–H and O–H groups in total. The molecule has 0 aliphatic carbocycles. The molecule has 0 saturated carbocycles. The summed E-state index contributed by atoms with van der Waals surface area (Å²) in [6.45, 7) is 0.676. The lowest BCUT2D eigenvalue weighted by molar-refractivity contribution is -0.138. The molecule has 0 saturated heterocycles. The molecular formula is C18H33NO5. The highest BCUT2D eigenvalue weighted by molar-refractivity contribution is 5.76. The van der Waals surface area contributed by atoms with Crippen molar-refractivity contribution in [2.24, 2.45) is 0 Å². The second-order valence-electron chi connectivity index (χ2n) is 6.28. The van der Waals surface area contributed by atoms with E-state index < -0.39 is 11.9 Å². The maximum absolute atomic E-state index is 11.4. The Labute approximate surface area is 145 Å². The summed E-state index contributed by atoms with van der Waals surface area (Å²) in [5.41, 5.74) is 0. The summed E-state index contributed by atoms with van der Waals surface area (Å²) in [5, 5.41) is 19.8. The average molecular weight is 343 g/mol. The molecule has 140 valence electrons. The highest BCUT2D eigenvalue weighted by atomic mass is 16.4. The molecule has 0 aliphatic rings. The molecule has 0 radical (unpaired) electrons. The molecular weight excluding hydrogens is 310 g/mol. The van der Waals surface area contributed by atoms with Crippen LogP contribution in [0.2, 0.25) is 0 Å². The van der Waals surface area contributed by atoms with Crippen molar-refractivity contribution in [1.82, 2.24) is 5.32 Å². The first-order chi connectivity index (χ1) is 11.5. The van der Waals surface area contributed by atoms with Crippen molar-refractivity contribution in [3.63, 3.8) is 0 Å². The number of aliphatic carboxylic acids is 2. The SMILES string of the molecule is O=C(O)CCCCCCCCCCCCNC(=O)CCCC(=O)O. The molecule has 0 aliphatic heterocycles. The molecule has 6 heteroatoms. The highest BCUT2D eigenvalue weighted by Gasteiger charge is 2.03. The van der Waals surface area contributed by atoms with Crippen molar-refractivity contribution in [2.45, 2.75) is 89.9 Å². The Morgan fingerprint density at radius 1 is 0.542 bits per heavy atom. The smallest absolute Gasteiger partial charge is 0.303 e. The average Bonchev–Trinajstić information content (AvgIpc) is 2.51. The minimum atomic E-state index is -0.858. The molecule has 6 nitrogen and oxygen atoms in total. The van der Waals surface area contributed by atoms with Gasteiger partial charge in [-0.15, -0.1) is 0 Å². The normalized spacial score (nSPS) is 10.5. The predicted molar refractivity (Wildman–Crippen MR) is 92.9 cm³/mol. The second kappa shape index (κ2) is 16.3. The maximum atomic E-state index is 11.4. The zero-order chi connectivity index (χ0) is 18.0. The quantitative estimate of drug-likeness (QED) is 0.349. The number of carbonyl (C=O) groups is 3. The van der Waals surface area contributed by atoms with E-state index in [1.807, 2.05) is 0 Å². The van der Waals surface area contributed by atoms with Gasteiger partial charge in [-0.3, -0.25) is 14.4 Å². The van der Waals surface area contributed by atoms with Crippen LogP contribution >= 0.6 is 0 Å². The molecule has 0 spiro atoms. The summed E-state index contributed by atoms with van der Waals surface area (Å²) in [5.74, 6) is -1.62. The standard InChI is InChI=1S/C18H33NO5/c20-16(12-11-14-18(23)24)19-15-10-8-6-4-2-1-3-5-7-9-13-17(21)22/h1-15H2,(H,19,20)(H,21,22)(H,23,24). The molecule has 24 heavy (non-hydrogen) atoms. The van der Waals surface area contributed by atoms with Gasteiger partial charge in [0.2, 0.25) is 5.91 Å². The zero-order valence-corrected chi connectivity index (χ0v) is 14.7. The monoisotopic (exact) mass is 343 g/mol. The van der Waals surface area contributed by atoms with E-state index in [9.17, 15) is 14.4 Å². The van der Waals surface area contributed by atoms with Gasteiger partial charge in [-0.1, -0.05) is 51.4 Å². The second-order valence-corrected chi connectivity index (χ2v) is 6.28. The summed E-state index contributed by atoms with van der Waals surface area (Å²) in [4.78, 5) is 32.1. The molecule has 0 rings (SSSR count). The first-order valence-corrected chi connectivity index (χ1v) is 9.22. The van der Waals surface area contributed by atoms with Crippen LogP contribution in [0.15, 0.2) is 0 Å². The fourth-order valence-corrected chi connectivity index (χ4v) is 2.53. The minimum absolute atomic E-state index is 0.0486. The Bertz CT molecular complexity index is 357. The molecule has 0 aromatic rings. The predicted octanol–water partition coefficient (Wildman–Crippen LogP) is 3.73. The lowest BCUT2D eigenvalue weighted by Gasteiger charge is -2.05. The number of nitrogens with one attached hydrogen (secondary N) is 1. The summed E-state index contributed by atoms with van der Waals surface area (Å²) in [7, 11) is 0. The molecule has 0 aromatic heterocycles. The highest BCUT2D eigenvalue weighted by Crippen LogP contribution is 2.11. The minimum Gasteiger partial charge on any atom is -0.481 e. The van der Waals surface area contributed by atoms with Crippen molar-refractivity contribution in [3.05, 3.63) is 0 Å². The van der Waals surface area contributed by atoms with Gasteiger partial charge in [-0.2, -0.15) is 0 Å². The van der Waals surface area contributed by atoms with Gasteiger partial charge in [-0.25, -0.2) is 0 Å². The van der Waals surface area contributed by atoms with Gasteiger partial charge in [0.05, 0.1) is 0 Å². The molecule has 0 aromatic carbocycles. The number of hydrogen-bond acceptors (Lipinski definition) is 3. The summed E-state index contributed by atoms with van der Waals surface area (Å²) < 4.78 is 0. The van der Waals surface area contributed by atoms with Gasteiger partial charge in [0.25, 0.3) is 0 Å².